The lowest BCUT2D eigenvalue weighted by Crippen LogP contribution is -2.36. The van der Waals surface area contributed by atoms with Crippen LogP contribution in [0.3, 0.4) is 0 Å². The van der Waals surface area contributed by atoms with Crippen molar-refractivity contribution in [3.8, 4) is 0 Å². The zero-order valence-electron chi connectivity index (χ0n) is 15.1. The van der Waals surface area contributed by atoms with Crippen LogP contribution in [0, 0.1) is 0 Å². The van der Waals surface area contributed by atoms with Gasteiger partial charge in [-0.15, -0.1) is 0 Å². The number of aromatic nitrogens is 2. The van der Waals surface area contributed by atoms with E-state index in [4.69, 9.17) is 4.74 Å². The topological polar surface area (TPSA) is 67.7 Å². The summed E-state index contributed by atoms with van der Waals surface area (Å²) >= 11 is 0. The van der Waals surface area contributed by atoms with Crippen molar-refractivity contribution in [1.29, 1.82) is 0 Å². The van der Waals surface area contributed by atoms with E-state index in [1.807, 2.05) is 26.6 Å². The van der Waals surface area contributed by atoms with Crippen molar-refractivity contribution in [2.24, 2.45) is 0 Å². The van der Waals surface area contributed by atoms with Gasteiger partial charge in [0.2, 0.25) is 5.91 Å². The standard InChI is InChI=1S/C19H24N4O3/c1-2-3-4-5-18(24)21-9-14-11-22(12-15(14)10-21)19(25)17-8-16-13-26-7-6-23(16)20-17/h4-5,8H,2-3,6-7,9-13H2,1H3/b5-4+. The number of fused-ring (bicyclic) bond motifs is 1. The first-order valence-electron chi connectivity index (χ1n) is 9.24. The van der Waals surface area contributed by atoms with Crippen LogP contribution in [0.5, 0.6) is 0 Å². The summed E-state index contributed by atoms with van der Waals surface area (Å²) in [6.45, 7) is 6.38. The van der Waals surface area contributed by atoms with Crippen LogP contribution in [-0.2, 0) is 22.7 Å². The van der Waals surface area contributed by atoms with Gasteiger partial charge in [0, 0.05) is 26.2 Å². The third kappa shape index (κ3) is 3.19. The Hall–Kier alpha value is -2.41. The molecule has 0 fully saturated rings. The molecule has 0 spiro atoms. The Morgan fingerprint density at radius 2 is 1.92 bits per heavy atom. The number of carbonyl (C=O) groups excluding carboxylic acids is 2. The van der Waals surface area contributed by atoms with E-state index in [9.17, 15) is 9.59 Å². The molecule has 0 bridgehead atoms. The van der Waals surface area contributed by atoms with E-state index in [0.29, 0.717) is 51.6 Å². The van der Waals surface area contributed by atoms with Crippen LogP contribution in [0.1, 0.15) is 35.9 Å². The molecule has 4 heterocycles. The molecule has 3 aliphatic rings. The molecule has 0 unspecified atom stereocenters. The minimum atomic E-state index is -0.0398. The number of hydrogen-bond donors (Lipinski definition) is 0. The lowest BCUT2D eigenvalue weighted by Gasteiger charge is -2.21. The second-order valence-corrected chi connectivity index (χ2v) is 7.05. The summed E-state index contributed by atoms with van der Waals surface area (Å²) in [7, 11) is 0. The van der Waals surface area contributed by atoms with Crippen molar-refractivity contribution in [2.45, 2.75) is 32.9 Å². The first-order chi connectivity index (χ1) is 12.7. The van der Waals surface area contributed by atoms with Crippen molar-refractivity contribution in [2.75, 3.05) is 32.8 Å². The van der Waals surface area contributed by atoms with Crippen LogP contribution in [0.4, 0.5) is 0 Å². The molecule has 138 valence electrons. The van der Waals surface area contributed by atoms with Gasteiger partial charge in [-0.25, -0.2) is 0 Å². The molecule has 0 N–H and O–H groups in total. The molecule has 0 saturated heterocycles. The van der Waals surface area contributed by atoms with Crippen LogP contribution in [-0.4, -0.2) is 64.2 Å². The Bertz CT molecular complexity index is 751. The zero-order valence-corrected chi connectivity index (χ0v) is 15.1. The highest BCUT2D eigenvalue weighted by Crippen LogP contribution is 2.27. The van der Waals surface area contributed by atoms with Crippen molar-refractivity contribution in [3.63, 3.8) is 0 Å². The number of amides is 2. The van der Waals surface area contributed by atoms with Gasteiger partial charge in [-0.1, -0.05) is 19.4 Å². The largest absolute Gasteiger partial charge is 0.373 e. The first kappa shape index (κ1) is 17.0. The molecule has 7 nitrogen and oxygen atoms in total. The molecular formula is C19H24N4O3. The van der Waals surface area contributed by atoms with Crippen LogP contribution >= 0.6 is 0 Å². The summed E-state index contributed by atoms with van der Waals surface area (Å²) in [6, 6.07) is 1.83. The number of allylic oxidation sites excluding steroid dienone is 1. The summed E-state index contributed by atoms with van der Waals surface area (Å²) in [5.74, 6) is 0.0227. The SMILES string of the molecule is CCC/C=C/C(=O)N1CC2=C(C1)CN(C(=O)c1cc3n(n1)CCOC3)C2. The normalized spacial score (nSPS) is 19.4. The molecule has 26 heavy (non-hydrogen) atoms. The predicted octanol–water partition coefficient (Wildman–Crippen LogP) is 1.36. The molecule has 1 aromatic rings. The third-order valence-electron chi connectivity index (χ3n) is 5.12. The van der Waals surface area contributed by atoms with E-state index >= 15 is 0 Å². The average Bonchev–Trinajstić information content (AvgIpc) is 3.33. The number of ether oxygens (including phenoxy) is 1. The van der Waals surface area contributed by atoms with Crippen molar-refractivity contribution >= 4 is 11.8 Å². The summed E-state index contributed by atoms with van der Waals surface area (Å²) in [6.07, 6.45) is 5.58. The fraction of sp³-hybridized carbons (Fsp3) is 0.526. The summed E-state index contributed by atoms with van der Waals surface area (Å²) in [5, 5.41) is 4.43. The van der Waals surface area contributed by atoms with Gasteiger partial charge in [-0.05, 0) is 29.7 Å². The molecule has 0 aliphatic carbocycles. The summed E-state index contributed by atoms with van der Waals surface area (Å²) in [5.41, 5.74) is 3.84. The minimum Gasteiger partial charge on any atom is -0.373 e. The number of nitrogens with zero attached hydrogens (tertiary/aromatic N) is 4. The van der Waals surface area contributed by atoms with E-state index in [1.54, 1.807) is 6.08 Å². The third-order valence-corrected chi connectivity index (χ3v) is 5.12. The highest BCUT2D eigenvalue weighted by Gasteiger charge is 2.34. The smallest absolute Gasteiger partial charge is 0.274 e. The van der Waals surface area contributed by atoms with Gasteiger partial charge >= 0.3 is 0 Å². The van der Waals surface area contributed by atoms with Crippen LogP contribution < -0.4 is 0 Å². The maximum absolute atomic E-state index is 12.8. The average molecular weight is 356 g/mol. The monoisotopic (exact) mass is 356 g/mol. The van der Waals surface area contributed by atoms with E-state index in [-0.39, 0.29) is 11.8 Å². The molecule has 7 heteroatoms. The number of unbranched alkanes of at least 4 members (excludes halogenated alkanes) is 1. The molecule has 0 radical (unpaired) electrons. The highest BCUT2D eigenvalue weighted by molar-refractivity contribution is 5.93. The lowest BCUT2D eigenvalue weighted by atomic mass is 10.2. The fourth-order valence-electron chi connectivity index (χ4n) is 3.70. The fourth-order valence-corrected chi connectivity index (χ4v) is 3.70. The Kier molecular flexibility index (Phi) is 4.63. The van der Waals surface area contributed by atoms with Gasteiger partial charge in [0.05, 0.1) is 25.5 Å². The van der Waals surface area contributed by atoms with Crippen LogP contribution in [0.15, 0.2) is 29.4 Å². The van der Waals surface area contributed by atoms with E-state index in [1.165, 1.54) is 11.1 Å². The predicted molar refractivity (Wildman–Crippen MR) is 95.4 cm³/mol. The second-order valence-electron chi connectivity index (χ2n) is 7.05. The van der Waals surface area contributed by atoms with Gasteiger partial charge in [0.25, 0.3) is 5.91 Å². The van der Waals surface area contributed by atoms with Gasteiger partial charge in [-0.3, -0.25) is 14.3 Å². The van der Waals surface area contributed by atoms with Gasteiger partial charge in [-0.2, -0.15) is 5.10 Å². The van der Waals surface area contributed by atoms with Gasteiger partial charge in [0.15, 0.2) is 5.69 Å². The lowest BCUT2D eigenvalue weighted by molar-refractivity contribution is -0.124. The molecule has 4 rings (SSSR count). The summed E-state index contributed by atoms with van der Waals surface area (Å²) < 4.78 is 7.27. The van der Waals surface area contributed by atoms with E-state index in [2.05, 4.69) is 12.0 Å². The maximum Gasteiger partial charge on any atom is 0.274 e. The van der Waals surface area contributed by atoms with E-state index in [0.717, 1.165) is 18.5 Å². The van der Waals surface area contributed by atoms with Gasteiger partial charge < -0.3 is 14.5 Å². The van der Waals surface area contributed by atoms with E-state index < -0.39 is 0 Å². The quantitative estimate of drug-likeness (QED) is 0.604. The molecular weight excluding hydrogens is 332 g/mol. The number of carbonyl (C=O) groups is 2. The maximum atomic E-state index is 12.8. The van der Waals surface area contributed by atoms with Crippen molar-refractivity contribution in [1.82, 2.24) is 19.6 Å². The number of rotatable bonds is 4. The van der Waals surface area contributed by atoms with Crippen molar-refractivity contribution in [3.05, 3.63) is 40.8 Å². The molecule has 3 aliphatic heterocycles. The molecule has 0 atom stereocenters. The van der Waals surface area contributed by atoms with Crippen LogP contribution in [0.2, 0.25) is 0 Å². The Morgan fingerprint density at radius 3 is 2.62 bits per heavy atom. The zero-order chi connectivity index (χ0) is 18.1. The Labute approximate surface area is 152 Å². The number of hydrogen-bond acceptors (Lipinski definition) is 4. The molecule has 1 aromatic heterocycles. The first-order valence-corrected chi connectivity index (χ1v) is 9.24. The van der Waals surface area contributed by atoms with Crippen LogP contribution in [0.25, 0.3) is 0 Å². The highest BCUT2D eigenvalue weighted by atomic mass is 16.5. The molecule has 0 aromatic carbocycles. The minimum absolute atomic E-state index is 0.0398. The Morgan fingerprint density at radius 1 is 1.19 bits per heavy atom. The Balaban J connectivity index is 1.35. The van der Waals surface area contributed by atoms with Gasteiger partial charge in [0.1, 0.15) is 0 Å². The summed E-state index contributed by atoms with van der Waals surface area (Å²) in [4.78, 5) is 28.7. The second kappa shape index (κ2) is 7.07. The van der Waals surface area contributed by atoms with Crippen molar-refractivity contribution < 1.29 is 14.3 Å². The molecule has 2 amide bonds. The molecule has 0 saturated carbocycles.